The van der Waals surface area contributed by atoms with Crippen LogP contribution in [0.2, 0.25) is 0 Å². The van der Waals surface area contributed by atoms with E-state index in [4.69, 9.17) is 10.5 Å². The van der Waals surface area contributed by atoms with Crippen molar-refractivity contribution >= 4 is 11.7 Å². The van der Waals surface area contributed by atoms with Gasteiger partial charge in [0.15, 0.2) is 0 Å². The lowest BCUT2D eigenvalue weighted by Crippen LogP contribution is -2.28. The Balaban J connectivity index is 1.81. The van der Waals surface area contributed by atoms with E-state index in [2.05, 4.69) is 15.5 Å². The number of rotatable bonds is 5. The Bertz CT molecular complexity index is 943. The van der Waals surface area contributed by atoms with Crippen molar-refractivity contribution in [2.45, 2.75) is 13.0 Å². The number of anilines is 1. The Hall–Kier alpha value is -3.13. The lowest BCUT2D eigenvalue weighted by Gasteiger charge is -2.11. The van der Waals surface area contributed by atoms with Crippen LogP contribution in [0.5, 0.6) is 5.75 Å². The molecule has 8 heteroatoms. The van der Waals surface area contributed by atoms with Crippen LogP contribution >= 0.6 is 0 Å². The Kier molecular flexibility index (Phi) is 4.77. The van der Waals surface area contributed by atoms with Crippen LogP contribution in [-0.2, 0) is 18.9 Å². The summed E-state index contributed by atoms with van der Waals surface area (Å²) in [5.74, 6) is 0.985. The van der Waals surface area contributed by atoms with Crippen LogP contribution in [-0.4, -0.2) is 32.6 Å². The number of ether oxygens (including phenoxy) is 1. The van der Waals surface area contributed by atoms with Gasteiger partial charge in [0, 0.05) is 37.5 Å². The molecular formula is C18H22N6O2. The number of nitrogens with one attached hydrogen (secondary N) is 1. The van der Waals surface area contributed by atoms with Crippen molar-refractivity contribution in [2.24, 2.45) is 19.8 Å². The molecule has 0 aliphatic heterocycles. The number of amides is 1. The van der Waals surface area contributed by atoms with Crippen molar-refractivity contribution in [3.05, 3.63) is 47.8 Å². The number of aromatic nitrogens is 4. The van der Waals surface area contributed by atoms with Crippen LogP contribution < -0.4 is 15.8 Å². The van der Waals surface area contributed by atoms with Gasteiger partial charge in [-0.15, -0.1) is 0 Å². The van der Waals surface area contributed by atoms with E-state index in [1.54, 1.807) is 42.8 Å². The first-order valence-electron chi connectivity index (χ1n) is 8.14. The second kappa shape index (κ2) is 7.01. The molecule has 0 bridgehead atoms. The van der Waals surface area contributed by atoms with E-state index in [9.17, 15) is 4.79 Å². The Morgan fingerprint density at radius 1 is 1.27 bits per heavy atom. The molecule has 0 fully saturated rings. The summed E-state index contributed by atoms with van der Waals surface area (Å²) in [6, 6.07) is 8.57. The monoisotopic (exact) mass is 354 g/mol. The van der Waals surface area contributed by atoms with Gasteiger partial charge < -0.3 is 15.8 Å². The third-order valence-corrected chi connectivity index (χ3v) is 4.17. The van der Waals surface area contributed by atoms with Crippen LogP contribution in [0.1, 0.15) is 17.3 Å². The molecule has 0 radical (unpaired) electrons. The van der Waals surface area contributed by atoms with Crippen molar-refractivity contribution in [1.29, 1.82) is 0 Å². The number of benzene rings is 1. The summed E-state index contributed by atoms with van der Waals surface area (Å²) in [6.45, 7) is 1.83. The number of methoxy groups -OCH3 is 1. The number of nitrogens with two attached hydrogens (primary N) is 1. The van der Waals surface area contributed by atoms with Crippen LogP contribution in [0.3, 0.4) is 0 Å². The summed E-state index contributed by atoms with van der Waals surface area (Å²) in [6.07, 6.45) is 1.75. The highest BCUT2D eigenvalue weighted by atomic mass is 16.5. The van der Waals surface area contributed by atoms with Gasteiger partial charge in [-0.05, 0) is 19.1 Å². The molecule has 0 aliphatic carbocycles. The van der Waals surface area contributed by atoms with Crippen LogP contribution in [0.4, 0.5) is 5.82 Å². The van der Waals surface area contributed by atoms with Crippen molar-refractivity contribution in [3.63, 3.8) is 0 Å². The lowest BCUT2D eigenvalue weighted by molar-refractivity contribution is -0.117. The van der Waals surface area contributed by atoms with E-state index < -0.39 is 6.04 Å². The number of hydrogen-bond donors (Lipinski definition) is 2. The number of carbonyl (C=O) groups is 1. The van der Waals surface area contributed by atoms with E-state index in [0.717, 1.165) is 22.7 Å². The van der Waals surface area contributed by atoms with Gasteiger partial charge in [0.05, 0.1) is 18.5 Å². The fourth-order valence-corrected chi connectivity index (χ4v) is 2.78. The van der Waals surface area contributed by atoms with Gasteiger partial charge in [-0.25, -0.2) is 0 Å². The summed E-state index contributed by atoms with van der Waals surface area (Å²) in [5.41, 5.74) is 9.15. The van der Waals surface area contributed by atoms with Crippen LogP contribution in [0.15, 0.2) is 36.5 Å². The number of nitrogens with zero attached hydrogens (tertiary/aromatic N) is 4. The molecule has 3 rings (SSSR count). The van der Waals surface area contributed by atoms with Crippen LogP contribution in [0.25, 0.3) is 11.3 Å². The van der Waals surface area contributed by atoms with E-state index >= 15 is 0 Å². The maximum absolute atomic E-state index is 12.5. The fourth-order valence-electron chi connectivity index (χ4n) is 2.78. The zero-order valence-electron chi connectivity index (χ0n) is 15.2. The Morgan fingerprint density at radius 2 is 2.04 bits per heavy atom. The average Bonchev–Trinajstić information content (AvgIpc) is 3.16. The van der Waals surface area contributed by atoms with E-state index in [1.165, 1.54) is 0 Å². The summed E-state index contributed by atoms with van der Waals surface area (Å²) in [5, 5.41) is 11.5. The zero-order chi connectivity index (χ0) is 18.8. The molecule has 2 aromatic heterocycles. The third-order valence-electron chi connectivity index (χ3n) is 4.17. The fraction of sp³-hybridized carbons (Fsp3) is 0.278. The summed E-state index contributed by atoms with van der Waals surface area (Å²) in [7, 11) is 5.17. The first kappa shape index (κ1) is 17.7. The molecule has 0 spiro atoms. The predicted octanol–water partition coefficient (Wildman–Crippen LogP) is 1.78. The van der Waals surface area contributed by atoms with Crippen molar-refractivity contribution in [1.82, 2.24) is 19.6 Å². The minimum atomic E-state index is -0.807. The van der Waals surface area contributed by atoms with Gasteiger partial charge in [-0.2, -0.15) is 10.2 Å². The largest absolute Gasteiger partial charge is 0.497 e. The second-order valence-electron chi connectivity index (χ2n) is 6.08. The number of hydrogen-bond acceptors (Lipinski definition) is 5. The normalized spacial score (nSPS) is 12.0. The van der Waals surface area contributed by atoms with Gasteiger partial charge in [-0.1, -0.05) is 12.1 Å². The molecule has 3 aromatic rings. The molecular weight excluding hydrogens is 332 g/mol. The van der Waals surface area contributed by atoms with Crippen molar-refractivity contribution in [2.75, 3.05) is 12.4 Å². The quantitative estimate of drug-likeness (QED) is 0.727. The minimum Gasteiger partial charge on any atom is -0.497 e. The number of carbonyl (C=O) groups excluding carboxylic acids is 1. The summed E-state index contributed by atoms with van der Waals surface area (Å²) < 4.78 is 8.49. The zero-order valence-corrected chi connectivity index (χ0v) is 15.2. The number of aryl methyl sites for hydroxylation is 3. The lowest BCUT2D eigenvalue weighted by atomic mass is 10.1. The molecule has 1 unspecified atom stereocenters. The van der Waals surface area contributed by atoms with Gasteiger partial charge in [-0.3, -0.25) is 14.2 Å². The second-order valence-corrected chi connectivity index (χ2v) is 6.08. The molecule has 0 saturated heterocycles. The van der Waals surface area contributed by atoms with Gasteiger partial charge >= 0.3 is 0 Å². The highest BCUT2D eigenvalue weighted by molar-refractivity contribution is 5.95. The van der Waals surface area contributed by atoms with Crippen molar-refractivity contribution < 1.29 is 9.53 Å². The third kappa shape index (κ3) is 3.45. The van der Waals surface area contributed by atoms with Gasteiger partial charge in [0.2, 0.25) is 5.91 Å². The molecule has 1 aromatic carbocycles. The summed E-state index contributed by atoms with van der Waals surface area (Å²) in [4.78, 5) is 12.5. The molecule has 8 nitrogen and oxygen atoms in total. The van der Waals surface area contributed by atoms with E-state index in [1.807, 2.05) is 31.2 Å². The molecule has 3 N–H and O–H groups in total. The highest BCUT2D eigenvalue weighted by Crippen LogP contribution is 2.25. The summed E-state index contributed by atoms with van der Waals surface area (Å²) >= 11 is 0. The average molecular weight is 354 g/mol. The standard InChI is InChI=1S/C18H22N6O2/c1-11-14(10-23(2)21-11)17(19)18(25)20-16-9-15(22-24(16)3)12-6-5-7-13(8-12)26-4/h5-10,17H,19H2,1-4H3,(H,20,25). The molecule has 1 amide bonds. The Labute approximate surface area is 151 Å². The maximum Gasteiger partial charge on any atom is 0.247 e. The Morgan fingerprint density at radius 3 is 2.69 bits per heavy atom. The molecule has 0 saturated carbocycles. The maximum atomic E-state index is 12.5. The molecule has 1 atom stereocenters. The van der Waals surface area contributed by atoms with Crippen molar-refractivity contribution in [3.8, 4) is 17.0 Å². The predicted molar refractivity (Wildman–Crippen MR) is 98.7 cm³/mol. The van der Waals surface area contributed by atoms with Crippen LogP contribution in [0, 0.1) is 6.92 Å². The SMILES string of the molecule is COc1cccc(-c2cc(NC(=O)C(N)c3cn(C)nc3C)n(C)n2)c1. The van der Waals surface area contributed by atoms with Gasteiger partial charge in [0.1, 0.15) is 17.6 Å². The highest BCUT2D eigenvalue weighted by Gasteiger charge is 2.21. The topological polar surface area (TPSA) is 100.0 Å². The molecule has 0 aliphatic rings. The molecule has 26 heavy (non-hydrogen) atoms. The minimum absolute atomic E-state index is 0.318. The van der Waals surface area contributed by atoms with E-state index in [-0.39, 0.29) is 5.91 Å². The first-order valence-corrected chi connectivity index (χ1v) is 8.14. The first-order chi connectivity index (χ1) is 12.4. The van der Waals surface area contributed by atoms with E-state index in [0.29, 0.717) is 11.4 Å². The molecule has 2 heterocycles. The smallest absolute Gasteiger partial charge is 0.247 e. The molecule has 136 valence electrons. The van der Waals surface area contributed by atoms with Gasteiger partial charge in [0.25, 0.3) is 0 Å².